The van der Waals surface area contributed by atoms with E-state index in [1.54, 1.807) is 43.5 Å². The Hall–Kier alpha value is -2.33. The van der Waals surface area contributed by atoms with Crippen LogP contribution in [0.15, 0.2) is 27.4 Å². The molecule has 1 saturated carbocycles. The van der Waals surface area contributed by atoms with Crippen molar-refractivity contribution < 1.29 is 17.6 Å². The predicted octanol–water partition coefficient (Wildman–Crippen LogP) is 3.33. The van der Waals surface area contributed by atoms with Crippen molar-refractivity contribution in [1.82, 2.24) is 14.6 Å². The molecule has 0 unspecified atom stereocenters. The van der Waals surface area contributed by atoms with Crippen molar-refractivity contribution in [1.29, 1.82) is 0 Å². The van der Waals surface area contributed by atoms with Crippen LogP contribution in [0.25, 0.3) is 11.1 Å². The zero-order valence-corrected chi connectivity index (χ0v) is 19.5. The molecule has 1 aromatic carbocycles. The molecule has 3 N–H and O–H groups in total. The molecule has 2 aromatic rings. The predicted molar refractivity (Wildman–Crippen MR) is 121 cm³/mol. The largest absolute Gasteiger partial charge is 0.420 e. The van der Waals surface area contributed by atoms with Crippen molar-refractivity contribution >= 4 is 32.8 Å². The zero-order valence-electron chi connectivity index (χ0n) is 18.7. The summed E-state index contributed by atoms with van der Waals surface area (Å²) in [5.74, 6) is -0.426. The summed E-state index contributed by atoms with van der Waals surface area (Å²) in [5, 5.41) is 5.71. The number of nitrogens with zero attached hydrogens (tertiary/aromatic N) is 1. The summed E-state index contributed by atoms with van der Waals surface area (Å²) in [7, 11) is -3.39. The van der Waals surface area contributed by atoms with Crippen LogP contribution in [0.1, 0.15) is 66.3 Å². The number of benzene rings is 1. The molecular weight excluding hydrogens is 420 g/mol. The number of fused-ring (bicyclic) bond motifs is 1. The fourth-order valence-corrected chi connectivity index (χ4v) is 4.74. The van der Waals surface area contributed by atoms with E-state index in [-0.39, 0.29) is 24.2 Å². The normalized spacial score (nSPS) is 20.2. The molecule has 0 atom stereocenters. The SMILES string of the molecule is CC(C)n1c(=O)oc2cc(NC(=O)N[C@H]3CC[C@H](NS(=O)(=O)C(C)(C)C)CC3)ccc21. The number of anilines is 1. The van der Waals surface area contributed by atoms with Crippen LogP contribution in [0.3, 0.4) is 0 Å². The van der Waals surface area contributed by atoms with Crippen LogP contribution in [-0.2, 0) is 10.0 Å². The summed E-state index contributed by atoms with van der Waals surface area (Å²) >= 11 is 0. The molecule has 9 nitrogen and oxygen atoms in total. The van der Waals surface area contributed by atoms with Gasteiger partial charge < -0.3 is 15.1 Å². The number of sulfonamides is 1. The Bertz CT molecular complexity index is 1100. The first-order chi connectivity index (χ1) is 14.4. The van der Waals surface area contributed by atoms with Crippen LogP contribution in [0.5, 0.6) is 0 Å². The van der Waals surface area contributed by atoms with Gasteiger partial charge in [0.25, 0.3) is 0 Å². The van der Waals surface area contributed by atoms with E-state index in [1.165, 1.54) is 0 Å². The maximum Gasteiger partial charge on any atom is 0.420 e. The number of carbonyl (C=O) groups excluding carboxylic acids is 1. The molecule has 0 spiro atoms. The highest BCUT2D eigenvalue weighted by molar-refractivity contribution is 7.90. The molecule has 0 radical (unpaired) electrons. The lowest BCUT2D eigenvalue weighted by Gasteiger charge is -2.31. The molecule has 1 fully saturated rings. The number of rotatable bonds is 5. The lowest BCUT2D eigenvalue weighted by atomic mass is 9.92. The van der Waals surface area contributed by atoms with Gasteiger partial charge in [-0.15, -0.1) is 0 Å². The van der Waals surface area contributed by atoms with Gasteiger partial charge in [0.1, 0.15) is 0 Å². The summed E-state index contributed by atoms with van der Waals surface area (Å²) in [6.45, 7) is 8.82. The quantitative estimate of drug-likeness (QED) is 0.642. The van der Waals surface area contributed by atoms with E-state index in [4.69, 9.17) is 4.42 Å². The van der Waals surface area contributed by atoms with Crippen molar-refractivity contribution in [2.24, 2.45) is 0 Å². The van der Waals surface area contributed by atoms with Gasteiger partial charge in [0.05, 0.1) is 10.3 Å². The summed E-state index contributed by atoms with van der Waals surface area (Å²) in [6.07, 6.45) is 2.71. The molecule has 0 saturated heterocycles. The van der Waals surface area contributed by atoms with Crippen molar-refractivity contribution in [3.05, 3.63) is 28.7 Å². The average molecular weight is 453 g/mol. The topological polar surface area (TPSA) is 122 Å². The lowest BCUT2D eigenvalue weighted by Crippen LogP contribution is -2.48. The van der Waals surface area contributed by atoms with E-state index in [2.05, 4.69) is 15.4 Å². The van der Waals surface area contributed by atoms with Gasteiger partial charge in [0, 0.05) is 29.9 Å². The van der Waals surface area contributed by atoms with Crippen molar-refractivity contribution in [2.75, 3.05) is 5.32 Å². The van der Waals surface area contributed by atoms with E-state index in [0.29, 0.717) is 42.5 Å². The Morgan fingerprint density at radius 3 is 2.32 bits per heavy atom. The maximum absolute atomic E-state index is 12.4. The number of hydrogen-bond donors (Lipinski definition) is 3. The van der Waals surface area contributed by atoms with Crippen LogP contribution in [0, 0.1) is 0 Å². The minimum absolute atomic E-state index is 0.0286. The fourth-order valence-electron chi connectivity index (χ4n) is 3.71. The van der Waals surface area contributed by atoms with Gasteiger partial charge in [0.15, 0.2) is 5.58 Å². The summed E-state index contributed by atoms with van der Waals surface area (Å²) < 4.78 is 33.4. The summed E-state index contributed by atoms with van der Waals surface area (Å²) in [4.78, 5) is 24.4. The minimum Gasteiger partial charge on any atom is -0.408 e. The van der Waals surface area contributed by atoms with Gasteiger partial charge >= 0.3 is 11.8 Å². The monoisotopic (exact) mass is 452 g/mol. The first-order valence-corrected chi connectivity index (χ1v) is 12.1. The highest BCUT2D eigenvalue weighted by Crippen LogP contribution is 2.23. The first-order valence-electron chi connectivity index (χ1n) is 10.6. The number of nitrogens with one attached hydrogen (secondary N) is 3. The first kappa shape index (κ1) is 23.3. The van der Waals surface area contributed by atoms with Gasteiger partial charge in [-0.05, 0) is 72.4 Å². The number of hydrogen-bond acceptors (Lipinski definition) is 5. The molecule has 0 aliphatic heterocycles. The summed E-state index contributed by atoms with van der Waals surface area (Å²) in [5.41, 5.74) is 1.63. The van der Waals surface area contributed by atoms with Crippen molar-refractivity contribution in [3.63, 3.8) is 0 Å². The third-order valence-corrected chi connectivity index (χ3v) is 7.83. The Kier molecular flexibility index (Phi) is 6.52. The molecule has 10 heteroatoms. The number of oxazole rings is 1. The third-order valence-electron chi connectivity index (χ3n) is 5.58. The molecular formula is C21H32N4O5S. The molecule has 1 aromatic heterocycles. The highest BCUT2D eigenvalue weighted by Gasteiger charge is 2.33. The van der Waals surface area contributed by atoms with Crippen molar-refractivity contribution in [2.45, 2.75) is 83.2 Å². The summed E-state index contributed by atoms with van der Waals surface area (Å²) in [6, 6.07) is 4.60. The second-order valence-electron chi connectivity index (χ2n) is 9.39. The number of carbonyl (C=O) groups is 1. The lowest BCUT2D eigenvalue weighted by molar-refractivity contribution is 0.242. The van der Waals surface area contributed by atoms with Gasteiger partial charge in [-0.3, -0.25) is 4.57 Å². The molecule has 172 valence electrons. The second-order valence-corrected chi connectivity index (χ2v) is 11.9. The third kappa shape index (κ3) is 5.30. The van der Waals surface area contributed by atoms with Gasteiger partial charge in [0.2, 0.25) is 10.0 Å². The van der Waals surface area contributed by atoms with Crippen molar-refractivity contribution in [3.8, 4) is 0 Å². The highest BCUT2D eigenvalue weighted by atomic mass is 32.2. The van der Waals surface area contributed by atoms with E-state index in [0.717, 1.165) is 0 Å². The van der Waals surface area contributed by atoms with Gasteiger partial charge in [-0.25, -0.2) is 22.7 Å². The number of urea groups is 1. The van der Waals surface area contributed by atoms with Crippen LogP contribution in [-0.4, -0.2) is 35.8 Å². The standard InChI is InChI=1S/C21H32N4O5S/c1-13(2)25-17-11-10-16(12-18(17)30-20(25)27)23-19(26)22-14-6-8-15(9-7-14)24-31(28,29)21(3,4)5/h10-15,24H,6-9H2,1-5H3,(H2,22,23,26)/t14-,15-. The Morgan fingerprint density at radius 2 is 1.74 bits per heavy atom. The smallest absolute Gasteiger partial charge is 0.408 e. The van der Waals surface area contributed by atoms with Gasteiger partial charge in [-0.2, -0.15) is 0 Å². The zero-order chi connectivity index (χ0) is 23.0. The van der Waals surface area contributed by atoms with E-state index in [9.17, 15) is 18.0 Å². The van der Waals surface area contributed by atoms with E-state index in [1.807, 2.05) is 13.8 Å². The maximum atomic E-state index is 12.4. The molecule has 31 heavy (non-hydrogen) atoms. The number of amides is 2. The molecule has 2 amide bonds. The molecule has 0 bridgehead atoms. The Morgan fingerprint density at radius 1 is 1.13 bits per heavy atom. The van der Waals surface area contributed by atoms with Crippen LogP contribution in [0.2, 0.25) is 0 Å². The number of aromatic nitrogens is 1. The Labute approximate surface area is 182 Å². The fraction of sp³-hybridized carbons (Fsp3) is 0.619. The molecule has 1 aliphatic rings. The Balaban J connectivity index is 1.55. The minimum atomic E-state index is -3.39. The second kappa shape index (κ2) is 8.66. The van der Waals surface area contributed by atoms with Crippen LogP contribution >= 0.6 is 0 Å². The molecule has 3 rings (SSSR count). The van der Waals surface area contributed by atoms with Crippen LogP contribution < -0.4 is 21.1 Å². The van der Waals surface area contributed by atoms with E-state index >= 15 is 0 Å². The van der Waals surface area contributed by atoms with Gasteiger partial charge in [-0.1, -0.05) is 0 Å². The molecule has 1 aliphatic carbocycles. The van der Waals surface area contributed by atoms with Crippen LogP contribution in [0.4, 0.5) is 10.5 Å². The average Bonchev–Trinajstić information content (AvgIpc) is 2.97. The van der Waals surface area contributed by atoms with E-state index < -0.39 is 20.5 Å². The molecule has 1 heterocycles.